The topological polar surface area (TPSA) is 0 Å². The van der Waals surface area contributed by atoms with E-state index in [0.29, 0.717) is 0 Å². The molecule has 0 amide bonds. The van der Waals surface area contributed by atoms with Gasteiger partial charge in [-0.05, 0) is 151 Å². The predicted molar refractivity (Wildman–Crippen MR) is 115 cm³/mol. The summed E-state index contributed by atoms with van der Waals surface area (Å²) in [5.41, 5.74) is 0. The molecular formula is C28H18Fe2. The first-order chi connectivity index (χ1) is 13.9. The minimum atomic E-state index is 0. The van der Waals surface area contributed by atoms with Crippen LogP contribution in [0.3, 0.4) is 0 Å². The van der Waals surface area contributed by atoms with Crippen molar-refractivity contribution in [2.75, 3.05) is 0 Å². The fraction of sp³-hybridized carbons (Fsp3) is 0. The summed E-state index contributed by atoms with van der Waals surface area (Å²) in [7, 11) is 0. The van der Waals surface area contributed by atoms with Gasteiger partial charge in [0.15, 0.2) is 0 Å². The Hall–Kier alpha value is -0.721. The van der Waals surface area contributed by atoms with Gasteiger partial charge >= 0.3 is 0 Å². The molecule has 0 aliphatic heterocycles. The van der Waals surface area contributed by atoms with Gasteiger partial charge in [0.25, 0.3) is 0 Å². The summed E-state index contributed by atoms with van der Waals surface area (Å²) in [6.07, 6.45) is 35.5. The third kappa shape index (κ3) is 16.0. The third-order valence-corrected chi connectivity index (χ3v) is 3.16. The summed E-state index contributed by atoms with van der Waals surface area (Å²) in [5.74, 6) is 23.8. The molecule has 0 N–H and O–H groups in total. The molecule has 0 atom stereocenters. The van der Waals surface area contributed by atoms with Gasteiger partial charge in [-0.1, -0.05) is 11.8 Å². The zero-order valence-corrected chi connectivity index (χ0v) is 18.3. The summed E-state index contributed by atoms with van der Waals surface area (Å²) in [4.78, 5) is 0. The van der Waals surface area contributed by atoms with Crippen molar-refractivity contribution in [3.8, 4) is 47.4 Å². The van der Waals surface area contributed by atoms with Crippen molar-refractivity contribution in [3.05, 3.63) is 127 Å². The SMILES string of the molecule is C(C#CC#C[C]1[CH][CH][CH][CH]1)#CC#C[C]1[CH][CH][CH][CH]1.[CH]1[CH][CH][CH][CH]1.[CH]1[CH][CH][CH][CH]1.[Fe].[Fe]. The summed E-state index contributed by atoms with van der Waals surface area (Å²) in [5, 5.41) is 0. The van der Waals surface area contributed by atoms with Gasteiger partial charge in [0, 0.05) is 34.1 Å². The first-order valence-corrected chi connectivity index (χ1v) is 8.74. The molecule has 0 aromatic heterocycles. The Balaban J connectivity index is 0.000000575. The van der Waals surface area contributed by atoms with E-state index in [1.165, 1.54) is 0 Å². The Morgan fingerprint density at radius 3 is 0.800 bits per heavy atom. The van der Waals surface area contributed by atoms with Crippen LogP contribution in [0.1, 0.15) is 0 Å². The molecule has 0 aromatic carbocycles. The average molecular weight is 466 g/mol. The molecule has 146 valence electrons. The van der Waals surface area contributed by atoms with Crippen molar-refractivity contribution in [3.63, 3.8) is 0 Å². The molecule has 4 fully saturated rings. The number of rotatable bonds is 0. The van der Waals surface area contributed by atoms with Crippen LogP contribution in [0.25, 0.3) is 0 Å². The molecule has 0 unspecified atom stereocenters. The van der Waals surface area contributed by atoms with Gasteiger partial charge < -0.3 is 0 Å². The Labute approximate surface area is 208 Å². The molecule has 0 spiro atoms. The maximum Gasteiger partial charge on any atom is 0.0564 e. The molecule has 0 saturated heterocycles. The zero-order valence-electron chi connectivity index (χ0n) is 16.1. The van der Waals surface area contributed by atoms with Crippen LogP contribution in [-0.2, 0) is 34.1 Å². The first-order valence-electron chi connectivity index (χ1n) is 8.74. The van der Waals surface area contributed by atoms with Crippen LogP contribution in [0.4, 0.5) is 0 Å². The predicted octanol–water partition coefficient (Wildman–Crippen LogP) is 3.85. The molecule has 4 aliphatic rings. The zero-order chi connectivity index (χ0) is 19.5. The quantitative estimate of drug-likeness (QED) is 0.376. The van der Waals surface area contributed by atoms with Crippen molar-refractivity contribution >= 4 is 0 Å². The normalized spacial score (nSPS) is 19.1. The van der Waals surface area contributed by atoms with E-state index in [9.17, 15) is 0 Å². The Kier molecular flexibility index (Phi) is 21.0. The Morgan fingerprint density at radius 1 is 0.300 bits per heavy atom. The Morgan fingerprint density at radius 2 is 0.533 bits per heavy atom. The van der Waals surface area contributed by atoms with E-state index < -0.39 is 0 Å². The van der Waals surface area contributed by atoms with E-state index in [1.54, 1.807) is 0 Å². The summed E-state index contributed by atoms with van der Waals surface area (Å²) < 4.78 is 0. The van der Waals surface area contributed by atoms with Crippen molar-refractivity contribution < 1.29 is 34.1 Å². The molecule has 2 heteroatoms. The van der Waals surface area contributed by atoms with Gasteiger partial charge in [-0.3, -0.25) is 0 Å². The van der Waals surface area contributed by atoms with E-state index in [0.717, 1.165) is 11.8 Å². The standard InChI is InChI=1S/C18H8.2C5H5.2Fe/c1(3-5-11-17-13-7-8-14-17)2-4-6-12-18-15-9-10-16-18;2*1-2-4-5-3-1;;/h7-10,13-16H;2*1-5H;;. The van der Waals surface area contributed by atoms with Crippen molar-refractivity contribution in [2.45, 2.75) is 0 Å². The molecule has 0 bridgehead atoms. The van der Waals surface area contributed by atoms with E-state index in [4.69, 9.17) is 0 Å². The van der Waals surface area contributed by atoms with Crippen molar-refractivity contribution in [1.29, 1.82) is 0 Å². The first kappa shape index (κ1) is 29.3. The third-order valence-electron chi connectivity index (χ3n) is 3.16. The second-order valence-corrected chi connectivity index (χ2v) is 5.27. The van der Waals surface area contributed by atoms with Crippen LogP contribution in [0.15, 0.2) is 0 Å². The minimum Gasteiger partial charge on any atom is -0.0800 e. The summed E-state index contributed by atoms with van der Waals surface area (Å²) >= 11 is 0. The van der Waals surface area contributed by atoms with Gasteiger partial charge in [0.2, 0.25) is 0 Å². The van der Waals surface area contributed by atoms with Crippen LogP contribution in [0.2, 0.25) is 0 Å². The van der Waals surface area contributed by atoms with Gasteiger partial charge in [-0.15, -0.1) is 0 Å². The fourth-order valence-corrected chi connectivity index (χ4v) is 1.89. The van der Waals surface area contributed by atoms with Gasteiger partial charge in [-0.2, -0.15) is 0 Å². The van der Waals surface area contributed by atoms with Crippen LogP contribution >= 0.6 is 0 Å². The average Bonchev–Trinajstić information content (AvgIpc) is 3.56. The van der Waals surface area contributed by atoms with E-state index in [1.807, 2.05) is 116 Å². The molecular weight excluding hydrogens is 448 g/mol. The van der Waals surface area contributed by atoms with Crippen LogP contribution < -0.4 is 0 Å². The maximum atomic E-state index is 2.91. The van der Waals surface area contributed by atoms with Crippen LogP contribution in [-0.4, -0.2) is 0 Å². The molecule has 0 heterocycles. The smallest absolute Gasteiger partial charge is 0.0564 e. The second kappa shape index (κ2) is 21.5. The second-order valence-electron chi connectivity index (χ2n) is 5.27. The van der Waals surface area contributed by atoms with Crippen molar-refractivity contribution in [2.24, 2.45) is 0 Å². The summed E-state index contributed by atoms with van der Waals surface area (Å²) in [6, 6.07) is 0. The van der Waals surface area contributed by atoms with Crippen LogP contribution in [0.5, 0.6) is 0 Å². The molecule has 4 saturated carbocycles. The van der Waals surface area contributed by atoms with E-state index in [2.05, 4.69) is 47.4 Å². The molecule has 0 aromatic rings. The molecule has 4 rings (SSSR count). The van der Waals surface area contributed by atoms with Crippen LogP contribution in [0, 0.1) is 175 Å². The maximum absolute atomic E-state index is 2.91. The fourth-order valence-electron chi connectivity index (χ4n) is 1.89. The molecule has 0 nitrogen and oxygen atoms in total. The van der Waals surface area contributed by atoms with Crippen molar-refractivity contribution in [1.82, 2.24) is 0 Å². The van der Waals surface area contributed by atoms with Gasteiger partial charge in [0.1, 0.15) is 0 Å². The van der Waals surface area contributed by atoms with Gasteiger partial charge in [-0.25, -0.2) is 0 Å². The molecule has 4 aliphatic carbocycles. The molecule has 20 radical (unpaired) electrons. The summed E-state index contributed by atoms with van der Waals surface area (Å²) in [6.45, 7) is 0. The Bertz CT molecular complexity index is 567. The molecule has 30 heavy (non-hydrogen) atoms. The largest absolute Gasteiger partial charge is 0.0800 e. The van der Waals surface area contributed by atoms with Gasteiger partial charge in [0.05, 0.1) is 11.8 Å². The number of hydrogen-bond acceptors (Lipinski definition) is 0. The van der Waals surface area contributed by atoms with E-state index in [-0.39, 0.29) is 34.1 Å². The minimum absolute atomic E-state index is 0. The van der Waals surface area contributed by atoms with E-state index >= 15 is 0 Å². The monoisotopic (exact) mass is 466 g/mol. The number of hydrogen-bond donors (Lipinski definition) is 0.